The van der Waals surface area contributed by atoms with E-state index in [1.165, 1.54) is 6.07 Å². The van der Waals surface area contributed by atoms with Crippen LogP contribution in [0.2, 0.25) is 5.02 Å². The van der Waals surface area contributed by atoms with Crippen molar-refractivity contribution < 1.29 is 13.2 Å². The lowest BCUT2D eigenvalue weighted by Gasteiger charge is -2.13. The summed E-state index contributed by atoms with van der Waals surface area (Å²) in [7, 11) is 0. The lowest BCUT2D eigenvalue weighted by atomic mass is 10.2. The molecule has 0 fully saturated rings. The van der Waals surface area contributed by atoms with Gasteiger partial charge in [-0.3, -0.25) is 0 Å². The summed E-state index contributed by atoms with van der Waals surface area (Å²) in [5.41, 5.74) is -3.00. The van der Waals surface area contributed by atoms with E-state index in [0.717, 1.165) is 10.0 Å². The summed E-state index contributed by atoms with van der Waals surface area (Å²) in [4.78, 5) is 0.142. The van der Waals surface area contributed by atoms with E-state index in [0.29, 0.717) is 17.3 Å². The SMILES string of the molecule is FC(F)(F)Sc1ccccc1NCc1cc(Cl)ccc1Br. The van der Waals surface area contributed by atoms with Crippen LogP contribution in [-0.2, 0) is 6.54 Å². The fourth-order valence-corrected chi connectivity index (χ4v) is 2.92. The molecule has 0 aliphatic carbocycles. The first-order chi connectivity index (χ1) is 9.85. The van der Waals surface area contributed by atoms with Gasteiger partial charge in [-0.05, 0) is 47.7 Å². The minimum absolute atomic E-state index is 0.130. The molecule has 1 N–H and O–H groups in total. The molecule has 2 aromatic carbocycles. The Morgan fingerprint density at radius 2 is 1.86 bits per heavy atom. The number of halogens is 5. The molecule has 0 spiro atoms. The summed E-state index contributed by atoms with van der Waals surface area (Å²) in [6.07, 6.45) is 0. The highest BCUT2D eigenvalue weighted by molar-refractivity contribution is 9.10. The zero-order chi connectivity index (χ0) is 15.5. The number of thioether (sulfide) groups is 1. The first-order valence-corrected chi connectivity index (χ1v) is 7.86. The Hall–Kier alpha value is -0.850. The Labute approximate surface area is 138 Å². The second-order valence-electron chi connectivity index (χ2n) is 4.13. The van der Waals surface area contributed by atoms with E-state index in [-0.39, 0.29) is 16.7 Å². The first kappa shape index (κ1) is 16.5. The smallest absolute Gasteiger partial charge is 0.380 e. The molecule has 7 heteroatoms. The Balaban J connectivity index is 2.15. The highest BCUT2D eigenvalue weighted by Crippen LogP contribution is 2.40. The average molecular weight is 397 g/mol. The fourth-order valence-electron chi connectivity index (χ4n) is 1.70. The van der Waals surface area contributed by atoms with E-state index in [1.54, 1.807) is 36.4 Å². The molecule has 0 aromatic heterocycles. The average Bonchev–Trinajstić information content (AvgIpc) is 2.39. The van der Waals surface area contributed by atoms with Crippen molar-refractivity contribution in [3.05, 3.63) is 57.5 Å². The quantitative estimate of drug-likeness (QED) is 0.606. The normalized spacial score (nSPS) is 11.5. The standard InChI is InChI=1S/C14H10BrClF3NS/c15-11-6-5-10(16)7-9(11)8-20-12-3-1-2-4-13(12)21-14(17,18)19/h1-7,20H,8H2. The third kappa shape index (κ3) is 5.13. The van der Waals surface area contributed by atoms with Crippen LogP contribution in [0.5, 0.6) is 0 Å². The minimum atomic E-state index is -4.31. The van der Waals surface area contributed by atoms with Crippen LogP contribution in [0.3, 0.4) is 0 Å². The molecule has 112 valence electrons. The molecule has 0 unspecified atom stereocenters. The first-order valence-electron chi connectivity index (χ1n) is 5.88. The number of nitrogens with one attached hydrogen (secondary N) is 1. The van der Waals surface area contributed by atoms with Crippen LogP contribution in [0.15, 0.2) is 51.8 Å². The predicted octanol–water partition coefficient (Wildman–Crippen LogP) is 6.33. The molecule has 0 bridgehead atoms. The molecular formula is C14H10BrClF3NS. The summed E-state index contributed by atoms with van der Waals surface area (Å²) in [6, 6.07) is 11.6. The number of alkyl halides is 3. The molecule has 0 aliphatic heterocycles. The summed E-state index contributed by atoms with van der Waals surface area (Å²) in [5, 5.41) is 3.59. The van der Waals surface area contributed by atoms with Gasteiger partial charge in [0.05, 0.1) is 0 Å². The number of hydrogen-bond acceptors (Lipinski definition) is 2. The van der Waals surface area contributed by atoms with Gasteiger partial charge in [-0.15, -0.1) is 0 Å². The van der Waals surface area contributed by atoms with Gasteiger partial charge < -0.3 is 5.32 Å². The molecule has 0 atom stereocenters. The van der Waals surface area contributed by atoms with Gasteiger partial charge >= 0.3 is 5.51 Å². The van der Waals surface area contributed by atoms with Crippen LogP contribution < -0.4 is 5.32 Å². The summed E-state index contributed by atoms with van der Waals surface area (Å²) in [6.45, 7) is 0.372. The van der Waals surface area contributed by atoms with Crippen molar-refractivity contribution >= 4 is 45.0 Å². The Morgan fingerprint density at radius 3 is 2.57 bits per heavy atom. The predicted molar refractivity (Wildman–Crippen MR) is 84.8 cm³/mol. The molecule has 1 nitrogen and oxygen atoms in total. The van der Waals surface area contributed by atoms with Crippen LogP contribution >= 0.6 is 39.3 Å². The molecule has 2 aromatic rings. The van der Waals surface area contributed by atoms with E-state index in [4.69, 9.17) is 11.6 Å². The van der Waals surface area contributed by atoms with Gasteiger partial charge in [-0.25, -0.2) is 0 Å². The number of para-hydroxylation sites is 1. The van der Waals surface area contributed by atoms with Gasteiger partial charge in [0, 0.05) is 26.6 Å². The van der Waals surface area contributed by atoms with Gasteiger partial charge in [-0.2, -0.15) is 13.2 Å². The zero-order valence-corrected chi connectivity index (χ0v) is 13.7. The highest BCUT2D eigenvalue weighted by Gasteiger charge is 2.30. The lowest BCUT2D eigenvalue weighted by molar-refractivity contribution is -0.0327. The van der Waals surface area contributed by atoms with Crippen molar-refractivity contribution in [2.75, 3.05) is 5.32 Å². The van der Waals surface area contributed by atoms with E-state index < -0.39 is 5.51 Å². The summed E-state index contributed by atoms with van der Waals surface area (Å²) < 4.78 is 38.4. The topological polar surface area (TPSA) is 12.0 Å². The van der Waals surface area contributed by atoms with Crippen molar-refractivity contribution in [3.8, 4) is 0 Å². The van der Waals surface area contributed by atoms with Gasteiger partial charge in [0.1, 0.15) is 0 Å². The number of rotatable bonds is 4. The van der Waals surface area contributed by atoms with Crippen molar-refractivity contribution in [3.63, 3.8) is 0 Å². The maximum absolute atomic E-state index is 12.5. The van der Waals surface area contributed by atoms with Crippen molar-refractivity contribution in [2.45, 2.75) is 16.9 Å². The fraction of sp³-hybridized carbons (Fsp3) is 0.143. The monoisotopic (exact) mass is 395 g/mol. The molecule has 21 heavy (non-hydrogen) atoms. The number of hydrogen-bond donors (Lipinski definition) is 1. The van der Waals surface area contributed by atoms with Crippen LogP contribution in [0.1, 0.15) is 5.56 Å². The van der Waals surface area contributed by atoms with Gasteiger partial charge in [0.15, 0.2) is 0 Å². The Bertz CT molecular complexity index is 634. The Morgan fingerprint density at radius 1 is 1.14 bits per heavy atom. The molecule has 0 saturated heterocycles. The summed E-state index contributed by atoms with van der Waals surface area (Å²) >= 11 is 9.17. The van der Waals surface area contributed by atoms with Gasteiger partial charge in [0.25, 0.3) is 0 Å². The maximum atomic E-state index is 12.5. The van der Waals surface area contributed by atoms with Crippen molar-refractivity contribution in [1.82, 2.24) is 0 Å². The van der Waals surface area contributed by atoms with Crippen molar-refractivity contribution in [1.29, 1.82) is 0 Å². The summed E-state index contributed by atoms with van der Waals surface area (Å²) in [5.74, 6) is 0. The third-order valence-electron chi connectivity index (χ3n) is 2.59. The molecule has 0 amide bonds. The van der Waals surface area contributed by atoms with E-state index in [2.05, 4.69) is 21.2 Å². The second-order valence-corrected chi connectivity index (χ2v) is 6.53. The molecule has 0 aliphatic rings. The van der Waals surface area contributed by atoms with E-state index in [9.17, 15) is 13.2 Å². The molecule has 0 heterocycles. The van der Waals surface area contributed by atoms with Crippen LogP contribution in [0.4, 0.5) is 18.9 Å². The van der Waals surface area contributed by atoms with Crippen LogP contribution in [0, 0.1) is 0 Å². The van der Waals surface area contributed by atoms with Crippen molar-refractivity contribution in [2.24, 2.45) is 0 Å². The zero-order valence-electron chi connectivity index (χ0n) is 10.5. The largest absolute Gasteiger partial charge is 0.446 e. The third-order valence-corrected chi connectivity index (χ3v) is 4.41. The van der Waals surface area contributed by atoms with E-state index in [1.807, 2.05) is 0 Å². The Kier molecular flexibility index (Phi) is 5.46. The molecule has 2 rings (SSSR count). The maximum Gasteiger partial charge on any atom is 0.446 e. The molecular weight excluding hydrogens is 387 g/mol. The molecule has 0 radical (unpaired) electrons. The van der Waals surface area contributed by atoms with Gasteiger partial charge in [-0.1, -0.05) is 39.7 Å². The number of benzene rings is 2. The van der Waals surface area contributed by atoms with Crippen LogP contribution in [-0.4, -0.2) is 5.51 Å². The lowest BCUT2D eigenvalue weighted by Crippen LogP contribution is -2.04. The van der Waals surface area contributed by atoms with Gasteiger partial charge in [0.2, 0.25) is 0 Å². The minimum Gasteiger partial charge on any atom is -0.380 e. The number of anilines is 1. The molecule has 0 saturated carbocycles. The van der Waals surface area contributed by atoms with E-state index >= 15 is 0 Å². The second kappa shape index (κ2) is 6.94. The van der Waals surface area contributed by atoms with Crippen LogP contribution in [0.25, 0.3) is 0 Å². The highest BCUT2D eigenvalue weighted by atomic mass is 79.9.